The summed E-state index contributed by atoms with van der Waals surface area (Å²) in [5.74, 6) is -0.664. The molecular weight excluding hydrogens is 358 g/mol. The summed E-state index contributed by atoms with van der Waals surface area (Å²) >= 11 is 5.50. The van der Waals surface area contributed by atoms with Gasteiger partial charge in [-0.15, -0.1) is 0 Å². The van der Waals surface area contributed by atoms with Crippen LogP contribution in [-0.2, 0) is 22.7 Å². The Labute approximate surface area is 134 Å². The highest BCUT2D eigenvalue weighted by Crippen LogP contribution is 2.35. The molecule has 2 rings (SSSR count). The number of hydrogen-bond acceptors (Lipinski definition) is 2. The summed E-state index contributed by atoms with van der Waals surface area (Å²) in [5.41, 5.74) is -1.37. The number of rotatable bonds is 4. The van der Waals surface area contributed by atoms with Gasteiger partial charge in [0.05, 0.1) is 10.5 Å². The van der Waals surface area contributed by atoms with E-state index in [1.165, 1.54) is 18.2 Å². The van der Waals surface area contributed by atoms with Crippen LogP contribution in [0.5, 0.6) is 0 Å². The number of benzene rings is 2. The van der Waals surface area contributed by atoms with Gasteiger partial charge in [0.2, 0.25) is 10.0 Å². The minimum Gasteiger partial charge on any atom is -0.207 e. The summed E-state index contributed by atoms with van der Waals surface area (Å²) in [6.07, 6.45) is -4.90. The number of sulfonamides is 1. The third-order valence-electron chi connectivity index (χ3n) is 2.95. The second-order valence-corrected chi connectivity index (χ2v) is 6.73. The zero-order chi connectivity index (χ0) is 17.3. The van der Waals surface area contributed by atoms with E-state index in [9.17, 15) is 26.0 Å². The van der Waals surface area contributed by atoms with Crippen LogP contribution in [-0.4, -0.2) is 8.42 Å². The molecule has 0 aliphatic rings. The zero-order valence-electron chi connectivity index (χ0n) is 11.4. The fourth-order valence-electron chi connectivity index (χ4n) is 1.85. The first-order valence-corrected chi connectivity index (χ1v) is 8.07. The van der Waals surface area contributed by atoms with Gasteiger partial charge in [-0.25, -0.2) is 17.5 Å². The minimum absolute atomic E-state index is 0.0126. The fourth-order valence-corrected chi connectivity index (χ4v) is 3.23. The quantitative estimate of drug-likeness (QED) is 0.831. The van der Waals surface area contributed by atoms with Gasteiger partial charge < -0.3 is 0 Å². The Morgan fingerprint density at radius 3 is 2.35 bits per heavy atom. The molecule has 9 heteroatoms. The molecule has 0 saturated heterocycles. The molecule has 0 bridgehead atoms. The first-order chi connectivity index (χ1) is 10.6. The highest BCUT2D eigenvalue weighted by atomic mass is 35.5. The lowest BCUT2D eigenvalue weighted by molar-refractivity contribution is -0.139. The Bertz CT molecular complexity index is 822. The lowest BCUT2D eigenvalue weighted by atomic mass is 10.2. The number of halogens is 5. The van der Waals surface area contributed by atoms with Crippen LogP contribution < -0.4 is 4.72 Å². The predicted molar refractivity (Wildman–Crippen MR) is 76.9 cm³/mol. The standard InChI is InChI=1S/C14H10ClF4NO2S/c15-10-5-6-13(11(7-10)14(17,18)19)23(21,22)20-8-9-3-1-2-4-12(9)16/h1-7,20H,8H2. The van der Waals surface area contributed by atoms with Crippen molar-refractivity contribution >= 4 is 21.6 Å². The van der Waals surface area contributed by atoms with Crippen LogP contribution >= 0.6 is 11.6 Å². The molecule has 0 aliphatic carbocycles. The lowest BCUT2D eigenvalue weighted by Gasteiger charge is -2.14. The van der Waals surface area contributed by atoms with Crippen LogP contribution in [0.4, 0.5) is 17.6 Å². The van der Waals surface area contributed by atoms with Gasteiger partial charge in [0, 0.05) is 17.1 Å². The predicted octanol–water partition coefficient (Wildman–Crippen LogP) is 3.98. The maximum Gasteiger partial charge on any atom is 0.417 e. The molecule has 2 aromatic rings. The molecule has 0 atom stereocenters. The normalized spacial score (nSPS) is 12.4. The van der Waals surface area contributed by atoms with Crippen molar-refractivity contribution in [3.8, 4) is 0 Å². The van der Waals surface area contributed by atoms with E-state index in [1.807, 2.05) is 4.72 Å². The Hall–Kier alpha value is -1.64. The van der Waals surface area contributed by atoms with Gasteiger partial charge in [0.25, 0.3) is 0 Å². The topological polar surface area (TPSA) is 46.2 Å². The fraction of sp³-hybridized carbons (Fsp3) is 0.143. The zero-order valence-corrected chi connectivity index (χ0v) is 12.9. The molecule has 0 saturated carbocycles. The van der Waals surface area contributed by atoms with Crippen molar-refractivity contribution in [2.45, 2.75) is 17.6 Å². The van der Waals surface area contributed by atoms with Gasteiger partial charge in [-0.2, -0.15) is 13.2 Å². The van der Waals surface area contributed by atoms with E-state index in [1.54, 1.807) is 0 Å². The molecule has 2 aromatic carbocycles. The van der Waals surface area contributed by atoms with Crippen LogP contribution in [0.15, 0.2) is 47.4 Å². The van der Waals surface area contributed by atoms with E-state index in [-0.39, 0.29) is 10.6 Å². The van der Waals surface area contributed by atoms with Crippen molar-refractivity contribution in [1.82, 2.24) is 4.72 Å². The van der Waals surface area contributed by atoms with Crippen LogP contribution in [0, 0.1) is 5.82 Å². The molecule has 0 fully saturated rings. The summed E-state index contributed by atoms with van der Waals surface area (Å²) < 4.78 is 78.6. The molecular formula is C14H10ClF4NO2S. The number of nitrogens with one attached hydrogen (secondary N) is 1. The number of alkyl halides is 3. The average Bonchev–Trinajstić information content (AvgIpc) is 2.45. The molecule has 1 N–H and O–H groups in total. The van der Waals surface area contributed by atoms with Crippen LogP contribution in [0.1, 0.15) is 11.1 Å². The Balaban J connectivity index is 2.35. The van der Waals surface area contributed by atoms with Gasteiger partial charge in [0.1, 0.15) is 5.82 Å². The molecule has 0 aromatic heterocycles. The van der Waals surface area contributed by atoms with Gasteiger partial charge in [0.15, 0.2) is 0 Å². The second kappa shape index (κ2) is 6.46. The summed E-state index contributed by atoms with van der Waals surface area (Å²) in [6.45, 7) is -0.477. The molecule has 0 radical (unpaired) electrons. The smallest absolute Gasteiger partial charge is 0.207 e. The highest BCUT2D eigenvalue weighted by molar-refractivity contribution is 7.89. The Morgan fingerprint density at radius 2 is 1.74 bits per heavy atom. The van der Waals surface area contributed by atoms with Gasteiger partial charge in [-0.05, 0) is 24.3 Å². The molecule has 0 aliphatic heterocycles. The Kier molecular flexibility index (Phi) is 4.98. The molecule has 23 heavy (non-hydrogen) atoms. The molecule has 0 spiro atoms. The van der Waals surface area contributed by atoms with Crippen molar-refractivity contribution in [3.05, 3.63) is 64.4 Å². The van der Waals surface area contributed by atoms with E-state index in [4.69, 9.17) is 11.6 Å². The summed E-state index contributed by atoms with van der Waals surface area (Å²) in [6, 6.07) is 7.66. The van der Waals surface area contributed by atoms with Gasteiger partial charge in [-0.3, -0.25) is 0 Å². The van der Waals surface area contributed by atoms with E-state index in [2.05, 4.69) is 0 Å². The molecule has 0 amide bonds. The van der Waals surface area contributed by atoms with E-state index in [0.717, 1.165) is 18.2 Å². The van der Waals surface area contributed by atoms with Crippen molar-refractivity contribution < 1.29 is 26.0 Å². The first kappa shape index (κ1) is 17.7. The average molecular weight is 368 g/mol. The van der Waals surface area contributed by atoms with Crippen molar-refractivity contribution in [2.75, 3.05) is 0 Å². The summed E-state index contributed by atoms with van der Waals surface area (Å²) in [4.78, 5) is -0.967. The number of hydrogen-bond donors (Lipinski definition) is 1. The third kappa shape index (κ3) is 4.21. The maximum absolute atomic E-state index is 13.5. The van der Waals surface area contributed by atoms with Crippen molar-refractivity contribution in [3.63, 3.8) is 0 Å². The van der Waals surface area contributed by atoms with Crippen molar-refractivity contribution in [1.29, 1.82) is 0 Å². The molecule has 0 heterocycles. The lowest BCUT2D eigenvalue weighted by Crippen LogP contribution is -2.26. The first-order valence-electron chi connectivity index (χ1n) is 6.21. The molecule has 0 unspecified atom stereocenters. The third-order valence-corrected chi connectivity index (χ3v) is 4.64. The summed E-state index contributed by atoms with van der Waals surface area (Å²) in [7, 11) is -4.50. The van der Waals surface area contributed by atoms with Gasteiger partial charge >= 0.3 is 6.18 Å². The highest BCUT2D eigenvalue weighted by Gasteiger charge is 2.37. The van der Waals surface area contributed by atoms with Crippen molar-refractivity contribution in [2.24, 2.45) is 0 Å². The Morgan fingerprint density at radius 1 is 1.09 bits per heavy atom. The largest absolute Gasteiger partial charge is 0.417 e. The van der Waals surface area contributed by atoms with Crippen LogP contribution in [0.2, 0.25) is 5.02 Å². The summed E-state index contributed by atoms with van der Waals surface area (Å²) in [5, 5.41) is -0.245. The van der Waals surface area contributed by atoms with Crippen LogP contribution in [0.3, 0.4) is 0 Å². The molecule has 124 valence electrons. The van der Waals surface area contributed by atoms with E-state index >= 15 is 0 Å². The van der Waals surface area contributed by atoms with Gasteiger partial charge in [-0.1, -0.05) is 29.8 Å². The monoisotopic (exact) mass is 367 g/mol. The SMILES string of the molecule is O=S(=O)(NCc1ccccc1F)c1ccc(Cl)cc1C(F)(F)F. The molecule has 3 nitrogen and oxygen atoms in total. The maximum atomic E-state index is 13.5. The van der Waals surface area contributed by atoms with E-state index in [0.29, 0.717) is 6.07 Å². The van der Waals surface area contributed by atoms with E-state index < -0.39 is 39.0 Å². The second-order valence-electron chi connectivity index (χ2n) is 4.55. The minimum atomic E-state index is -4.90. The van der Waals surface area contributed by atoms with Crippen LogP contribution in [0.25, 0.3) is 0 Å².